The SMILES string of the molecule is Cn1cc(COc2ccccc2)cc1Br. The Morgan fingerprint density at radius 3 is 2.60 bits per heavy atom. The normalized spacial score (nSPS) is 10.3. The number of nitrogens with zero attached hydrogens (tertiary/aromatic N) is 1. The van der Waals surface area contributed by atoms with Crippen LogP contribution in [0.5, 0.6) is 5.75 Å². The molecule has 2 nitrogen and oxygen atoms in total. The van der Waals surface area contributed by atoms with E-state index < -0.39 is 0 Å². The van der Waals surface area contributed by atoms with Crippen molar-refractivity contribution < 1.29 is 4.74 Å². The van der Waals surface area contributed by atoms with Crippen LogP contribution >= 0.6 is 15.9 Å². The predicted octanol–water partition coefficient (Wildman–Crippen LogP) is 3.37. The Kier molecular flexibility index (Phi) is 3.11. The van der Waals surface area contributed by atoms with E-state index >= 15 is 0 Å². The van der Waals surface area contributed by atoms with Crippen molar-refractivity contribution in [3.05, 3.63) is 52.8 Å². The Morgan fingerprint density at radius 2 is 2.00 bits per heavy atom. The minimum absolute atomic E-state index is 0.601. The van der Waals surface area contributed by atoms with Crippen LogP contribution in [0.1, 0.15) is 5.56 Å². The minimum Gasteiger partial charge on any atom is -0.489 e. The molecule has 0 atom stereocenters. The highest BCUT2D eigenvalue weighted by Crippen LogP contribution is 2.16. The summed E-state index contributed by atoms with van der Waals surface area (Å²) in [5.74, 6) is 0.900. The highest BCUT2D eigenvalue weighted by molar-refractivity contribution is 9.10. The van der Waals surface area contributed by atoms with Gasteiger partial charge in [-0.15, -0.1) is 0 Å². The third-order valence-electron chi connectivity index (χ3n) is 2.15. The third-order valence-corrected chi connectivity index (χ3v) is 2.94. The molecule has 1 aromatic carbocycles. The van der Waals surface area contributed by atoms with Gasteiger partial charge in [-0.1, -0.05) is 18.2 Å². The monoisotopic (exact) mass is 265 g/mol. The van der Waals surface area contributed by atoms with Crippen molar-refractivity contribution >= 4 is 15.9 Å². The Bertz CT molecular complexity index is 417. The van der Waals surface area contributed by atoms with E-state index in [0.717, 1.165) is 15.9 Å². The molecule has 0 bridgehead atoms. The second-order valence-corrected chi connectivity index (χ2v) is 4.20. The first-order valence-corrected chi connectivity index (χ1v) is 5.53. The summed E-state index contributed by atoms with van der Waals surface area (Å²) in [5, 5.41) is 0. The lowest BCUT2D eigenvalue weighted by atomic mass is 10.3. The van der Waals surface area contributed by atoms with Gasteiger partial charge in [0.15, 0.2) is 0 Å². The van der Waals surface area contributed by atoms with Gasteiger partial charge in [0.1, 0.15) is 12.4 Å². The van der Waals surface area contributed by atoms with Gasteiger partial charge in [0.2, 0.25) is 0 Å². The average molecular weight is 266 g/mol. The second-order valence-electron chi connectivity index (χ2n) is 3.38. The number of rotatable bonds is 3. The van der Waals surface area contributed by atoms with Crippen LogP contribution in [0.2, 0.25) is 0 Å². The van der Waals surface area contributed by atoms with Crippen LogP contribution in [0.3, 0.4) is 0 Å². The molecule has 0 radical (unpaired) electrons. The van der Waals surface area contributed by atoms with Gasteiger partial charge >= 0.3 is 0 Å². The zero-order valence-corrected chi connectivity index (χ0v) is 10.1. The molecule has 1 heterocycles. The highest BCUT2D eigenvalue weighted by Gasteiger charge is 2.00. The zero-order valence-electron chi connectivity index (χ0n) is 8.48. The largest absolute Gasteiger partial charge is 0.489 e. The number of para-hydroxylation sites is 1. The number of aryl methyl sites for hydroxylation is 1. The van der Waals surface area contributed by atoms with Crippen LogP contribution in [0.25, 0.3) is 0 Å². The van der Waals surface area contributed by atoms with Crippen molar-refractivity contribution in [1.82, 2.24) is 4.57 Å². The van der Waals surface area contributed by atoms with Crippen molar-refractivity contribution in [2.24, 2.45) is 7.05 Å². The number of aromatic nitrogens is 1. The van der Waals surface area contributed by atoms with E-state index in [2.05, 4.69) is 22.0 Å². The average Bonchev–Trinajstić information content (AvgIpc) is 2.57. The van der Waals surface area contributed by atoms with Gasteiger partial charge in [0, 0.05) is 18.8 Å². The van der Waals surface area contributed by atoms with Crippen LogP contribution < -0.4 is 4.74 Å². The molecular weight excluding hydrogens is 254 g/mol. The summed E-state index contributed by atoms with van der Waals surface area (Å²) in [5.41, 5.74) is 1.16. The van der Waals surface area contributed by atoms with E-state index in [-0.39, 0.29) is 0 Å². The topological polar surface area (TPSA) is 14.2 Å². The number of halogens is 1. The van der Waals surface area contributed by atoms with Crippen molar-refractivity contribution in [1.29, 1.82) is 0 Å². The molecule has 15 heavy (non-hydrogen) atoms. The summed E-state index contributed by atoms with van der Waals surface area (Å²) in [6.45, 7) is 0.601. The van der Waals surface area contributed by atoms with Gasteiger partial charge in [-0.3, -0.25) is 0 Å². The fraction of sp³-hybridized carbons (Fsp3) is 0.167. The standard InChI is InChI=1S/C12H12BrNO/c1-14-8-10(7-12(14)13)9-15-11-5-3-2-4-6-11/h2-8H,9H2,1H3. The predicted molar refractivity (Wildman–Crippen MR) is 63.9 cm³/mol. The smallest absolute Gasteiger partial charge is 0.119 e. The lowest BCUT2D eigenvalue weighted by molar-refractivity contribution is 0.306. The molecule has 1 aromatic heterocycles. The maximum Gasteiger partial charge on any atom is 0.119 e. The van der Waals surface area contributed by atoms with Crippen LogP contribution in [-0.4, -0.2) is 4.57 Å². The Hall–Kier alpha value is -1.22. The Balaban J connectivity index is 1.99. The fourth-order valence-electron chi connectivity index (χ4n) is 1.36. The number of ether oxygens (including phenoxy) is 1. The minimum atomic E-state index is 0.601. The van der Waals surface area contributed by atoms with Crippen molar-refractivity contribution in [2.45, 2.75) is 6.61 Å². The molecular formula is C12H12BrNO. The van der Waals surface area contributed by atoms with E-state index in [0.29, 0.717) is 6.61 Å². The first-order valence-electron chi connectivity index (χ1n) is 4.74. The molecule has 0 saturated heterocycles. The Labute approximate surface area is 97.6 Å². The number of hydrogen-bond acceptors (Lipinski definition) is 1. The quantitative estimate of drug-likeness (QED) is 0.830. The zero-order chi connectivity index (χ0) is 10.7. The van der Waals surface area contributed by atoms with E-state index in [9.17, 15) is 0 Å². The van der Waals surface area contributed by atoms with Crippen molar-refractivity contribution in [2.75, 3.05) is 0 Å². The molecule has 2 aromatic rings. The molecule has 0 unspecified atom stereocenters. The maximum absolute atomic E-state index is 5.63. The summed E-state index contributed by atoms with van der Waals surface area (Å²) in [6.07, 6.45) is 2.05. The molecule has 0 amide bonds. The molecule has 0 aliphatic heterocycles. The third kappa shape index (κ3) is 2.63. The molecule has 0 aliphatic rings. The number of hydrogen-bond donors (Lipinski definition) is 0. The highest BCUT2D eigenvalue weighted by atomic mass is 79.9. The first-order chi connectivity index (χ1) is 7.25. The second kappa shape index (κ2) is 4.53. The summed E-state index contributed by atoms with van der Waals surface area (Å²) in [4.78, 5) is 0. The molecule has 3 heteroatoms. The van der Waals surface area contributed by atoms with Crippen LogP contribution in [0.4, 0.5) is 0 Å². The van der Waals surface area contributed by atoms with Gasteiger partial charge in [-0.2, -0.15) is 0 Å². The van der Waals surface area contributed by atoms with E-state index in [1.54, 1.807) is 0 Å². The first kappa shape index (κ1) is 10.3. The van der Waals surface area contributed by atoms with Gasteiger partial charge in [0.05, 0.1) is 4.60 Å². The summed E-state index contributed by atoms with van der Waals surface area (Å²) in [6, 6.07) is 11.9. The van der Waals surface area contributed by atoms with Gasteiger partial charge in [0.25, 0.3) is 0 Å². The van der Waals surface area contributed by atoms with Crippen LogP contribution in [-0.2, 0) is 13.7 Å². The van der Waals surface area contributed by atoms with E-state index in [1.165, 1.54) is 0 Å². The van der Waals surface area contributed by atoms with Crippen LogP contribution in [0.15, 0.2) is 47.2 Å². The number of benzene rings is 1. The maximum atomic E-state index is 5.63. The molecule has 0 fully saturated rings. The lowest BCUT2D eigenvalue weighted by Gasteiger charge is -2.03. The van der Waals surface area contributed by atoms with E-state index in [4.69, 9.17) is 4.74 Å². The van der Waals surface area contributed by atoms with Crippen molar-refractivity contribution in [3.8, 4) is 5.75 Å². The molecule has 0 spiro atoms. The molecule has 0 aliphatic carbocycles. The van der Waals surface area contributed by atoms with Crippen molar-refractivity contribution in [3.63, 3.8) is 0 Å². The molecule has 0 N–H and O–H groups in total. The molecule has 0 saturated carbocycles. The fourth-order valence-corrected chi connectivity index (χ4v) is 1.76. The lowest BCUT2D eigenvalue weighted by Crippen LogP contribution is -1.93. The van der Waals surface area contributed by atoms with Crippen LogP contribution in [0, 0.1) is 0 Å². The summed E-state index contributed by atoms with van der Waals surface area (Å²) >= 11 is 3.45. The molecule has 78 valence electrons. The van der Waals surface area contributed by atoms with E-state index in [1.807, 2.05) is 48.1 Å². The van der Waals surface area contributed by atoms with Gasteiger partial charge < -0.3 is 9.30 Å². The van der Waals surface area contributed by atoms with Gasteiger partial charge in [-0.25, -0.2) is 0 Å². The summed E-state index contributed by atoms with van der Waals surface area (Å²) < 4.78 is 8.71. The Morgan fingerprint density at radius 1 is 1.27 bits per heavy atom. The molecule has 2 rings (SSSR count). The summed E-state index contributed by atoms with van der Waals surface area (Å²) in [7, 11) is 2.00. The van der Waals surface area contributed by atoms with Gasteiger partial charge in [-0.05, 0) is 34.1 Å².